The highest BCUT2D eigenvalue weighted by molar-refractivity contribution is 5.94. The number of carbonyl (C=O) groups excluding carboxylic acids is 1. The summed E-state index contributed by atoms with van der Waals surface area (Å²) in [7, 11) is 0. The lowest BCUT2D eigenvalue weighted by molar-refractivity contribution is 0.0830. The topological polar surface area (TPSA) is 58.6 Å². The molecule has 21 heavy (non-hydrogen) atoms. The van der Waals surface area contributed by atoms with E-state index >= 15 is 0 Å². The van der Waals surface area contributed by atoms with Crippen LogP contribution in [0.2, 0.25) is 0 Å². The summed E-state index contributed by atoms with van der Waals surface area (Å²) in [6.45, 7) is 2.32. The van der Waals surface area contributed by atoms with Gasteiger partial charge in [0.1, 0.15) is 12.4 Å². The number of nitrogens with one attached hydrogen (secondary N) is 1. The lowest BCUT2D eigenvalue weighted by Crippen LogP contribution is -2.44. The van der Waals surface area contributed by atoms with Crippen molar-refractivity contribution in [1.29, 1.82) is 0 Å². The predicted octanol–water partition coefficient (Wildman–Crippen LogP) is 1.98. The second-order valence-electron chi connectivity index (χ2n) is 5.75. The minimum absolute atomic E-state index is 0.0207. The third kappa shape index (κ3) is 3.56. The van der Waals surface area contributed by atoms with E-state index in [9.17, 15) is 9.90 Å². The number of hydrogen-bond donors (Lipinski definition) is 2. The lowest BCUT2D eigenvalue weighted by Gasteiger charge is -2.30. The molecule has 2 rings (SSSR count). The van der Waals surface area contributed by atoms with Crippen LogP contribution < -0.4 is 10.1 Å². The van der Waals surface area contributed by atoms with Crippen LogP contribution in [0.3, 0.4) is 0 Å². The first-order valence-electron chi connectivity index (χ1n) is 7.17. The number of amides is 1. The Morgan fingerprint density at radius 3 is 2.86 bits per heavy atom. The maximum absolute atomic E-state index is 12.3. The predicted molar refractivity (Wildman–Crippen MR) is 81.1 cm³/mol. The van der Waals surface area contributed by atoms with Crippen LogP contribution in [-0.4, -0.2) is 30.3 Å². The number of hydrogen-bond acceptors (Lipinski definition) is 3. The average molecular weight is 287 g/mol. The van der Waals surface area contributed by atoms with E-state index in [1.807, 2.05) is 6.92 Å². The fourth-order valence-corrected chi connectivity index (χ4v) is 2.74. The van der Waals surface area contributed by atoms with Gasteiger partial charge in [0.15, 0.2) is 0 Å². The Hall–Kier alpha value is -1.99. The molecule has 1 aliphatic carbocycles. The van der Waals surface area contributed by atoms with Crippen molar-refractivity contribution in [1.82, 2.24) is 5.32 Å². The van der Waals surface area contributed by atoms with Gasteiger partial charge in [-0.1, -0.05) is 19.3 Å². The third-order valence-electron chi connectivity index (χ3n) is 4.19. The molecule has 2 unspecified atom stereocenters. The van der Waals surface area contributed by atoms with Crippen LogP contribution in [0.5, 0.6) is 5.75 Å². The number of terminal acetylenes is 1. The molecule has 0 spiro atoms. The van der Waals surface area contributed by atoms with Crippen molar-refractivity contribution in [2.45, 2.75) is 32.2 Å². The summed E-state index contributed by atoms with van der Waals surface area (Å²) >= 11 is 0. The third-order valence-corrected chi connectivity index (χ3v) is 4.19. The summed E-state index contributed by atoms with van der Waals surface area (Å²) in [6.07, 6.45) is 8.00. The van der Waals surface area contributed by atoms with Gasteiger partial charge in [-0.25, -0.2) is 0 Å². The van der Waals surface area contributed by atoms with Gasteiger partial charge in [0.2, 0.25) is 0 Å². The quantitative estimate of drug-likeness (QED) is 0.814. The Morgan fingerprint density at radius 1 is 1.52 bits per heavy atom. The van der Waals surface area contributed by atoms with Crippen LogP contribution in [0.4, 0.5) is 0 Å². The van der Waals surface area contributed by atoms with Crippen molar-refractivity contribution in [3.8, 4) is 18.1 Å². The number of ether oxygens (including phenoxy) is 1. The molecule has 0 saturated heterocycles. The molecule has 0 bridgehead atoms. The van der Waals surface area contributed by atoms with Crippen LogP contribution in [-0.2, 0) is 0 Å². The Bertz CT molecular complexity index is 532. The fraction of sp³-hybridized carbons (Fsp3) is 0.471. The second kappa shape index (κ2) is 6.64. The number of aliphatic hydroxyl groups is 1. The molecule has 1 amide bonds. The van der Waals surface area contributed by atoms with E-state index in [1.165, 1.54) is 0 Å². The smallest absolute Gasteiger partial charge is 0.251 e. The van der Waals surface area contributed by atoms with Crippen molar-refractivity contribution in [3.63, 3.8) is 0 Å². The Kier molecular flexibility index (Phi) is 4.87. The zero-order chi connectivity index (χ0) is 15.3. The number of rotatable bonds is 5. The molecule has 4 heteroatoms. The fourth-order valence-electron chi connectivity index (χ4n) is 2.74. The molecule has 0 heterocycles. The lowest BCUT2D eigenvalue weighted by atomic mass is 9.85. The highest BCUT2D eigenvalue weighted by atomic mass is 16.5. The first-order valence-corrected chi connectivity index (χ1v) is 7.17. The average Bonchev–Trinajstić information content (AvgIpc) is 2.87. The largest absolute Gasteiger partial charge is 0.481 e. The summed E-state index contributed by atoms with van der Waals surface area (Å²) in [4.78, 5) is 12.3. The molecule has 1 fully saturated rings. The highest BCUT2D eigenvalue weighted by Crippen LogP contribution is 2.37. The van der Waals surface area contributed by atoms with Gasteiger partial charge in [-0.3, -0.25) is 4.79 Å². The summed E-state index contributed by atoms with van der Waals surface area (Å²) < 4.78 is 5.27. The monoisotopic (exact) mass is 287 g/mol. The Morgan fingerprint density at radius 2 is 2.24 bits per heavy atom. The standard InChI is InChI=1S/C17H21NO3/c1-3-11-21-14-8-6-13(7-9-14)16(20)18-15-5-4-10-17(15,2)12-19/h1,6-9,15,19H,4-5,10-12H2,2H3,(H,18,20). The molecule has 1 aromatic rings. The SMILES string of the molecule is C#CCOc1ccc(C(=O)NC2CCCC2(C)CO)cc1. The van der Waals surface area contributed by atoms with Crippen molar-refractivity contribution >= 4 is 5.91 Å². The van der Waals surface area contributed by atoms with Gasteiger partial charge in [0.05, 0.1) is 6.61 Å². The molecule has 1 aromatic carbocycles. The molecule has 2 atom stereocenters. The van der Waals surface area contributed by atoms with Gasteiger partial charge in [0, 0.05) is 17.0 Å². The minimum atomic E-state index is -0.217. The van der Waals surface area contributed by atoms with Gasteiger partial charge < -0.3 is 15.2 Å². The summed E-state index contributed by atoms with van der Waals surface area (Å²) in [5.41, 5.74) is 0.362. The highest BCUT2D eigenvalue weighted by Gasteiger charge is 2.39. The van der Waals surface area contributed by atoms with E-state index in [2.05, 4.69) is 11.2 Å². The summed E-state index contributed by atoms with van der Waals surface area (Å²) in [5, 5.41) is 12.5. The van der Waals surface area contributed by atoms with Crippen LogP contribution in [0, 0.1) is 17.8 Å². The first kappa shape index (κ1) is 15.4. The first-order chi connectivity index (χ1) is 10.1. The van der Waals surface area contributed by atoms with E-state index < -0.39 is 0 Å². The Balaban J connectivity index is 1.99. The molecule has 1 aliphatic rings. The molecule has 112 valence electrons. The second-order valence-corrected chi connectivity index (χ2v) is 5.75. The molecule has 1 saturated carbocycles. The van der Waals surface area contributed by atoms with Crippen molar-refractivity contribution < 1.29 is 14.6 Å². The number of carbonyl (C=O) groups is 1. The van der Waals surface area contributed by atoms with E-state index in [1.54, 1.807) is 24.3 Å². The van der Waals surface area contributed by atoms with Crippen molar-refractivity contribution in [2.24, 2.45) is 5.41 Å². The maximum atomic E-state index is 12.3. The van der Waals surface area contributed by atoms with E-state index in [0.29, 0.717) is 11.3 Å². The molecule has 0 radical (unpaired) electrons. The van der Waals surface area contributed by atoms with Gasteiger partial charge in [-0.05, 0) is 37.1 Å². The molecule has 0 aliphatic heterocycles. The van der Waals surface area contributed by atoms with Crippen LogP contribution >= 0.6 is 0 Å². The van der Waals surface area contributed by atoms with E-state index in [4.69, 9.17) is 11.2 Å². The molecule has 0 aromatic heterocycles. The summed E-state index contributed by atoms with van der Waals surface area (Å²) in [5.74, 6) is 2.92. The number of benzene rings is 1. The zero-order valence-electron chi connectivity index (χ0n) is 12.3. The summed E-state index contributed by atoms with van der Waals surface area (Å²) in [6, 6.07) is 6.91. The van der Waals surface area contributed by atoms with Crippen LogP contribution in [0.1, 0.15) is 36.5 Å². The number of aliphatic hydroxyl groups excluding tert-OH is 1. The molecule has 2 N–H and O–H groups in total. The van der Waals surface area contributed by atoms with Gasteiger partial charge >= 0.3 is 0 Å². The van der Waals surface area contributed by atoms with Crippen molar-refractivity contribution in [2.75, 3.05) is 13.2 Å². The van der Waals surface area contributed by atoms with Gasteiger partial charge in [0.25, 0.3) is 5.91 Å². The van der Waals surface area contributed by atoms with Gasteiger partial charge in [-0.2, -0.15) is 0 Å². The van der Waals surface area contributed by atoms with E-state index in [-0.39, 0.29) is 30.6 Å². The zero-order valence-corrected chi connectivity index (χ0v) is 12.3. The van der Waals surface area contributed by atoms with E-state index in [0.717, 1.165) is 19.3 Å². The van der Waals surface area contributed by atoms with Crippen molar-refractivity contribution in [3.05, 3.63) is 29.8 Å². The molecular weight excluding hydrogens is 266 g/mol. The maximum Gasteiger partial charge on any atom is 0.251 e. The Labute approximate surface area is 125 Å². The molecular formula is C17H21NO3. The van der Waals surface area contributed by atoms with Crippen LogP contribution in [0.25, 0.3) is 0 Å². The van der Waals surface area contributed by atoms with Gasteiger partial charge in [-0.15, -0.1) is 6.42 Å². The normalized spacial score (nSPS) is 24.3. The molecule has 4 nitrogen and oxygen atoms in total. The minimum Gasteiger partial charge on any atom is -0.481 e. The van der Waals surface area contributed by atoms with Crippen LogP contribution in [0.15, 0.2) is 24.3 Å².